The number of likely N-dealkylation sites (tertiary alicyclic amines) is 1. The number of pyridine rings is 1. The Morgan fingerprint density at radius 1 is 1.16 bits per heavy atom. The van der Waals surface area contributed by atoms with Crippen LogP contribution in [-0.2, 0) is 22.6 Å². The van der Waals surface area contributed by atoms with Crippen molar-refractivity contribution in [2.24, 2.45) is 0 Å². The highest BCUT2D eigenvalue weighted by molar-refractivity contribution is 5.91. The third-order valence-corrected chi connectivity index (χ3v) is 6.07. The van der Waals surface area contributed by atoms with E-state index in [-0.39, 0.29) is 17.9 Å². The zero-order valence-corrected chi connectivity index (χ0v) is 18.3. The average Bonchev–Trinajstić information content (AvgIpc) is 3.24. The summed E-state index contributed by atoms with van der Waals surface area (Å²) in [5.74, 6) is 0.116. The first kappa shape index (κ1) is 21.8. The van der Waals surface area contributed by atoms with Gasteiger partial charge in [-0.1, -0.05) is 48.5 Å². The molecule has 2 atom stereocenters. The highest BCUT2D eigenvalue weighted by Crippen LogP contribution is 2.21. The molecule has 0 spiro atoms. The number of nitrogen functional groups attached to an aromatic ring is 1. The van der Waals surface area contributed by atoms with E-state index in [1.165, 1.54) is 0 Å². The first-order valence-corrected chi connectivity index (χ1v) is 11.0. The standard InChI is InChI=1S/C25H29N5O2/c1-30-13-5-10-22(30)25(32)29-21(24(31)28-16-17-11-12-23(26)27-15-17)14-19-8-4-7-18-6-2-3-9-20(18)19/h2-4,6-9,11-12,15,21-22H,5,10,13-14,16H2,1H3,(H2,26,27)(H,28,31)(H,29,32)/t21-,22?/m0/s1. The van der Waals surface area contributed by atoms with Crippen LogP contribution in [-0.4, -0.2) is 47.4 Å². The Hall–Kier alpha value is -3.45. The van der Waals surface area contributed by atoms with Crippen LogP contribution in [0.3, 0.4) is 0 Å². The minimum absolute atomic E-state index is 0.0976. The van der Waals surface area contributed by atoms with Crippen molar-refractivity contribution < 1.29 is 9.59 Å². The lowest BCUT2D eigenvalue weighted by atomic mass is 9.98. The number of nitrogens with zero attached hydrogens (tertiary/aromatic N) is 2. The number of rotatable bonds is 7. The summed E-state index contributed by atoms with van der Waals surface area (Å²) in [6.07, 6.45) is 3.84. The van der Waals surface area contributed by atoms with Gasteiger partial charge in [-0.15, -0.1) is 0 Å². The maximum absolute atomic E-state index is 13.2. The number of carbonyl (C=O) groups excluding carboxylic acids is 2. The fourth-order valence-electron chi connectivity index (χ4n) is 4.26. The molecule has 2 aromatic carbocycles. The van der Waals surface area contributed by atoms with Gasteiger partial charge in [-0.3, -0.25) is 14.5 Å². The Bertz CT molecular complexity index is 1090. The molecular weight excluding hydrogens is 402 g/mol. The second-order valence-corrected chi connectivity index (χ2v) is 8.35. The topological polar surface area (TPSA) is 100 Å². The van der Waals surface area contributed by atoms with Crippen LogP contribution in [0, 0.1) is 0 Å². The van der Waals surface area contributed by atoms with E-state index in [2.05, 4.69) is 15.6 Å². The molecule has 0 radical (unpaired) electrons. The van der Waals surface area contributed by atoms with Gasteiger partial charge in [0.15, 0.2) is 0 Å². The van der Waals surface area contributed by atoms with E-state index in [1.807, 2.05) is 60.5 Å². The fraction of sp³-hybridized carbons (Fsp3) is 0.320. The monoisotopic (exact) mass is 431 g/mol. The Kier molecular flexibility index (Phi) is 6.66. The third kappa shape index (κ3) is 5.06. The summed E-state index contributed by atoms with van der Waals surface area (Å²) in [7, 11) is 1.95. The van der Waals surface area contributed by atoms with Crippen molar-refractivity contribution in [1.82, 2.24) is 20.5 Å². The number of hydrogen-bond donors (Lipinski definition) is 3. The maximum Gasteiger partial charge on any atom is 0.243 e. The lowest BCUT2D eigenvalue weighted by Gasteiger charge is -2.24. The van der Waals surface area contributed by atoms with Gasteiger partial charge in [0.1, 0.15) is 11.9 Å². The molecule has 1 fully saturated rings. The Morgan fingerprint density at radius 2 is 1.97 bits per heavy atom. The molecule has 2 amide bonds. The number of aromatic nitrogens is 1. The quantitative estimate of drug-likeness (QED) is 0.533. The summed E-state index contributed by atoms with van der Waals surface area (Å²) in [6.45, 7) is 1.21. The van der Waals surface area contributed by atoms with E-state index in [0.717, 1.165) is 41.3 Å². The smallest absolute Gasteiger partial charge is 0.243 e. The second kappa shape index (κ2) is 9.78. The highest BCUT2D eigenvalue weighted by atomic mass is 16.2. The third-order valence-electron chi connectivity index (χ3n) is 6.07. The van der Waals surface area contributed by atoms with E-state index in [1.54, 1.807) is 12.3 Å². The predicted molar refractivity (Wildman–Crippen MR) is 126 cm³/mol. The average molecular weight is 432 g/mol. The summed E-state index contributed by atoms with van der Waals surface area (Å²) >= 11 is 0. The van der Waals surface area contributed by atoms with Crippen LogP contribution in [0.1, 0.15) is 24.0 Å². The van der Waals surface area contributed by atoms with Crippen LogP contribution in [0.5, 0.6) is 0 Å². The zero-order valence-electron chi connectivity index (χ0n) is 18.3. The molecule has 1 aliphatic rings. The van der Waals surface area contributed by atoms with Crippen molar-refractivity contribution in [3.8, 4) is 0 Å². The van der Waals surface area contributed by atoms with Crippen molar-refractivity contribution in [2.75, 3.05) is 19.3 Å². The normalized spacial score (nSPS) is 17.2. The minimum Gasteiger partial charge on any atom is -0.384 e. The molecule has 2 heterocycles. The van der Waals surface area contributed by atoms with E-state index in [0.29, 0.717) is 18.8 Å². The van der Waals surface area contributed by atoms with Gasteiger partial charge in [-0.05, 0) is 54.4 Å². The van der Waals surface area contributed by atoms with Gasteiger partial charge in [0, 0.05) is 19.2 Å². The van der Waals surface area contributed by atoms with Gasteiger partial charge in [-0.25, -0.2) is 4.98 Å². The minimum atomic E-state index is -0.677. The molecular formula is C25H29N5O2. The largest absolute Gasteiger partial charge is 0.384 e. The predicted octanol–water partition coefficient (Wildman–Crippen LogP) is 2.25. The molecule has 7 nitrogen and oxygen atoms in total. The maximum atomic E-state index is 13.2. The number of carbonyl (C=O) groups is 2. The van der Waals surface area contributed by atoms with Crippen LogP contribution in [0.4, 0.5) is 5.82 Å². The van der Waals surface area contributed by atoms with E-state index < -0.39 is 6.04 Å². The molecule has 3 aromatic rings. The Morgan fingerprint density at radius 3 is 2.72 bits per heavy atom. The molecule has 1 unspecified atom stereocenters. The van der Waals surface area contributed by atoms with Crippen molar-refractivity contribution in [2.45, 2.75) is 37.9 Å². The highest BCUT2D eigenvalue weighted by Gasteiger charge is 2.31. The van der Waals surface area contributed by atoms with E-state index >= 15 is 0 Å². The molecule has 32 heavy (non-hydrogen) atoms. The molecule has 166 valence electrons. The van der Waals surface area contributed by atoms with E-state index in [9.17, 15) is 9.59 Å². The van der Waals surface area contributed by atoms with Crippen molar-refractivity contribution in [1.29, 1.82) is 0 Å². The van der Waals surface area contributed by atoms with Gasteiger partial charge in [0.05, 0.1) is 6.04 Å². The molecule has 7 heteroatoms. The number of likely N-dealkylation sites (N-methyl/N-ethyl adjacent to an activating group) is 1. The summed E-state index contributed by atoms with van der Waals surface area (Å²) < 4.78 is 0. The molecule has 0 aliphatic carbocycles. The molecule has 0 saturated carbocycles. The number of hydrogen-bond acceptors (Lipinski definition) is 5. The summed E-state index contributed by atoms with van der Waals surface area (Å²) in [5, 5.41) is 8.16. The number of anilines is 1. The SMILES string of the molecule is CN1CCCC1C(=O)N[C@@H](Cc1cccc2ccccc12)C(=O)NCc1ccc(N)nc1. The van der Waals surface area contributed by atoms with Gasteiger partial charge < -0.3 is 16.4 Å². The number of amides is 2. The number of fused-ring (bicyclic) bond motifs is 1. The van der Waals surface area contributed by atoms with Crippen molar-refractivity contribution in [3.05, 3.63) is 71.9 Å². The number of nitrogens with one attached hydrogen (secondary N) is 2. The van der Waals surface area contributed by atoms with Crippen molar-refractivity contribution in [3.63, 3.8) is 0 Å². The summed E-state index contributed by atoms with van der Waals surface area (Å²) in [5.41, 5.74) is 7.51. The van der Waals surface area contributed by atoms with E-state index in [4.69, 9.17) is 5.73 Å². The molecule has 4 N–H and O–H groups in total. The summed E-state index contributed by atoms with van der Waals surface area (Å²) in [6, 6.07) is 16.8. The Balaban J connectivity index is 1.53. The fourth-order valence-corrected chi connectivity index (χ4v) is 4.26. The van der Waals surface area contributed by atoms with Gasteiger partial charge in [0.25, 0.3) is 0 Å². The first-order chi connectivity index (χ1) is 15.5. The van der Waals surface area contributed by atoms with Crippen LogP contribution < -0.4 is 16.4 Å². The van der Waals surface area contributed by atoms with Gasteiger partial charge in [-0.2, -0.15) is 0 Å². The van der Waals surface area contributed by atoms with Crippen LogP contribution in [0.15, 0.2) is 60.8 Å². The number of benzene rings is 2. The van der Waals surface area contributed by atoms with Gasteiger partial charge >= 0.3 is 0 Å². The Labute approximate surface area is 188 Å². The van der Waals surface area contributed by atoms with Crippen molar-refractivity contribution >= 4 is 28.4 Å². The lowest BCUT2D eigenvalue weighted by molar-refractivity contribution is -0.131. The summed E-state index contributed by atoms with van der Waals surface area (Å²) in [4.78, 5) is 32.3. The van der Waals surface area contributed by atoms with Crippen LogP contribution in [0.2, 0.25) is 0 Å². The zero-order chi connectivity index (χ0) is 22.5. The first-order valence-electron chi connectivity index (χ1n) is 11.0. The molecule has 1 aromatic heterocycles. The molecule has 4 rings (SSSR count). The molecule has 1 saturated heterocycles. The lowest BCUT2D eigenvalue weighted by Crippen LogP contribution is -2.52. The molecule has 0 bridgehead atoms. The van der Waals surface area contributed by atoms with Gasteiger partial charge in [0.2, 0.25) is 11.8 Å². The van der Waals surface area contributed by atoms with Crippen LogP contribution >= 0.6 is 0 Å². The van der Waals surface area contributed by atoms with Crippen LogP contribution in [0.25, 0.3) is 10.8 Å². The molecule has 1 aliphatic heterocycles. The second-order valence-electron chi connectivity index (χ2n) is 8.35. The number of nitrogens with two attached hydrogens (primary N) is 1.